The number of carbonyl (C=O) groups excluding carboxylic acids is 1. The van der Waals surface area contributed by atoms with E-state index in [1.54, 1.807) is 18.2 Å². The minimum absolute atomic E-state index is 0.0174. The van der Waals surface area contributed by atoms with Gasteiger partial charge in [-0.15, -0.1) is 0 Å². The van der Waals surface area contributed by atoms with Crippen LogP contribution in [0.1, 0.15) is 36.0 Å². The molecule has 4 N–H and O–H groups in total. The van der Waals surface area contributed by atoms with Crippen molar-refractivity contribution in [2.24, 2.45) is 5.92 Å². The second-order valence-corrected chi connectivity index (χ2v) is 5.39. The minimum atomic E-state index is -0.220. The first-order chi connectivity index (χ1) is 9.13. The van der Waals surface area contributed by atoms with Gasteiger partial charge in [0.25, 0.3) is 5.91 Å². The van der Waals surface area contributed by atoms with Crippen LogP contribution in [0.4, 0.5) is 5.69 Å². The summed E-state index contributed by atoms with van der Waals surface area (Å²) in [6.45, 7) is 0.107. The smallest absolute Gasteiger partial charge is 0.253 e. The zero-order valence-corrected chi connectivity index (χ0v) is 11.5. The summed E-state index contributed by atoms with van der Waals surface area (Å²) in [6, 6.07) is 5.05. The van der Waals surface area contributed by atoms with E-state index in [9.17, 15) is 9.90 Å². The Balaban J connectivity index is 2.09. The average Bonchev–Trinajstić information content (AvgIpc) is 2.42. The summed E-state index contributed by atoms with van der Waals surface area (Å²) in [6.07, 6.45) is 4.03. The van der Waals surface area contributed by atoms with Gasteiger partial charge in [0.2, 0.25) is 0 Å². The topological polar surface area (TPSA) is 75.4 Å². The van der Waals surface area contributed by atoms with E-state index in [1.165, 1.54) is 0 Å². The fourth-order valence-corrected chi connectivity index (χ4v) is 2.80. The Labute approximate surface area is 117 Å². The molecule has 1 aliphatic rings. The summed E-state index contributed by atoms with van der Waals surface area (Å²) in [5, 5.41) is 12.6. The van der Waals surface area contributed by atoms with Gasteiger partial charge in [-0.05, 0) is 25.0 Å². The number of aliphatic hydroxyl groups is 1. The number of benzene rings is 1. The summed E-state index contributed by atoms with van der Waals surface area (Å²) in [5.41, 5.74) is 6.49. The molecule has 0 aliphatic heterocycles. The summed E-state index contributed by atoms with van der Waals surface area (Å²) >= 11 is 6.04. The number of anilines is 1. The predicted octanol–water partition coefficient (Wildman–Crippen LogP) is 2.20. The second-order valence-electron chi connectivity index (χ2n) is 5.02. The normalized spacial score (nSPS) is 23.1. The summed E-state index contributed by atoms with van der Waals surface area (Å²) < 4.78 is 0. The summed E-state index contributed by atoms with van der Waals surface area (Å²) in [4.78, 5) is 12.2. The molecule has 1 fully saturated rings. The Morgan fingerprint density at radius 2 is 2.16 bits per heavy atom. The predicted molar refractivity (Wildman–Crippen MR) is 76.2 cm³/mol. The van der Waals surface area contributed by atoms with E-state index in [0.29, 0.717) is 11.3 Å². The average molecular weight is 283 g/mol. The van der Waals surface area contributed by atoms with Gasteiger partial charge in [0, 0.05) is 18.6 Å². The van der Waals surface area contributed by atoms with Crippen LogP contribution in [-0.2, 0) is 0 Å². The number of carbonyl (C=O) groups is 1. The highest BCUT2D eigenvalue weighted by Crippen LogP contribution is 2.26. The number of aliphatic hydroxyl groups excluding tert-OH is 1. The van der Waals surface area contributed by atoms with E-state index in [4.69, 9.17) is 17.3 Å². The zero-order valence-electron chi connectivity index (χ0n) is 10.7. The second kappa shape index (κ2) is 6.26. The highest BCUT2D eigenvalue weighted by molar-refractivity contribution is 6.36. The van der Waals surface area contributed by atoms with E-state index >= 15 is 0 Å². The van der Waals surface area contributed by atoms with Crippen LogP contribution < -0.4 is 11.1 Å². The van der Waals surface area contributed by atoms with Gasteiger partial charge in [0.1, 0.15) is 0 Å². The molecule has 4 nitrogen and oxygen atoms in total. The van der Waals surface area contributed by atoms with Gasteiger partial charge in [-0.3, -0.25) is 4.79 Å². The minimum Gasteiger partial charge on any atom is -0.398 e. The van der Waals surface area contributed by atoms with Crippen LogP contribution in [0.25, 0.3) is 0 Å². The Kier molecular flexibility index (Phi) is 4.66. The maximum absolute atomic E-state index is 12.2. The van der Waals surface area contributed by atoms with Gasteiger partial charge in [0.15, 0.2) is 0 Å². The van der Waals surface area contributed by atoms with Crippen molar-refractivity contribution in [2.45, 2.75) is 31.7 Å². The number of rotatable bonds is 3. The van der Waals surface area contributed by atoms with Crippen LogP contribution >= 0.6 is 11.6 Å². The number of amides is 1. The van der Waals surface area contributed by atoms with E-state index < -0.39 is 0 Å². The molecular weight excluding hydrogens is 264 g/mol. The molecule has 1 aliphatic carbocycles. The molecule has 0 bridgehead atoms. The Hall–Kier alpha value is -1.26. The Morgan fingerprint density at radius 1 is 1.42 bits per heavy atom. The molecule has 0 saturated heterocycles. The van der Waals surface area contributed by atoms with Crippen molar-refractivity contribution in [1.29, 1.82) is 0 Å². The molecule has 0 radical (unpaired) electrons. The number of nitrogens with two attached hydrogens (primary N) is 1. The van der Waals surface area contributed by atoms with Crippen molar-refractivity contribution in [3.8, 4) is 0 Å². The highest BCUT2D eigenvalue weighted by Gasteiger charge is 2.26. The lowest BCUT2D eigenvalue weighted by atomic mass is 9.85. The third-order valence-corrected chi connectivity index (χ3v) is 4.16. The molecule has 2 rings (SSSR count). The van der Waals surface area contributed by atoms with E-state index in [2.05, 4.69) is 5.32 Å². The summed E-state index contributed by atoms with van der Waals surface area (Å²) in [5.74, 6) is -0.0832. The quantitative estimate of drug-likeness (QED) is 0.744. The molecule has 0 heterocycles. The molecule has 1 saturated carbocycles. The molecule has 5 heteroatoms. The molecule has 1 aromatic carbocycles. The van der Waals surface area contributed by atoms with Crippen molar-refractivity contribution in [3.05, 3.63) is 28.8 Å². The Bertz CT molecular complexity index is 465. The Morgan fingerprint density at radius 3 is 2.89 bits per heavy atom. The molecule has 0 aromatic heterocycles. The maximum Gasteiger partial charge on any atom is 0.253 e. The van der Waals surface area contributed by atoms with E-state index in [-0.39, 0.29) is 29.5 Å². The largest absolute Gasteiger partial charge is 0.398 e. The summed E-state index contributed by atoms with van der Waals surface area (Å²) in [7, 11) is 0. The lowest BCUT2D eigenvalue weighted by molar-refractivity contribution is 0.0873. The van der Waals surface area contributed by atoms with Crippen LogP contribution in [0.15, 0.2) is 18.2 Å². The fourth-order valence-electron chi connectivity index (χ4n) is 2.59. The van der Waals surface area contributed by atoms with Gasteiger partial charge < -0.3 is 16.2 Å². The van der Waals surface area contributed by atoms with E-state index in [1.807, 2.05) is 0 Å². The third kappa shape index (κ3) is 3.19. The number of hydrogen-bond donors (Lipinski definition) is 3. The van der Waals surface area contributed by atoms with Gasteiger partial charge >= 0.3 is 0 Å². The standard InChI is InChI=1S/C14H19ClN2O2/c15-13-10(5-3-6-11(13)16)14(19)17-12-7-2-1-4-9(12)8-18/h3,5-6,9,12,18H,1-2,4,7-8,16H2,(H,17,19). The van der Waals surface area contributed by atoms with Crippen LogP contribution in [0.3, 0.4) is 0 Å². The van der Waals surface area contributed by atoms with Gasteiger partial charge in [0.05, 0.1) is 16.3 Å². The van der Waals surface area contributed by atoms with Crippen molar-refractivity contribution >= 4 is 23.2 Å². The molecule has 2 atom stereocenters. The van der Waals surface area contributed by atoms with Crippen molar-refractivity contribution in [2.75, 3.05) is 12.3 Å². The first kappa shape index (κ1) is 14.2. The van der Waals surface area contributed by atoms with Gasteiger partial charge in [-0.2, -0.15) is 0 Å². The molecule has 19 heavy (non-hydrogen) atoms. The molecule has 1 aromatic rings. The van der Waals surface area contributed by atoms with Crippen molar-refractivity contribution < 1.29 is 9.90 Å². The van der Waals surface area contributed by atoms with Crippen LogP contribution in [0, 0.1) is 5.92 Å². The van der Waals surface area contributed by atoms with Crippen molar-refractivity contribution in [1.82, 2.24) is 5.32 Å². The fraction of sp³-hybridized carbons (Fsp3) is 0.500. The molecule has 1 amide bonds. The van der Waals surface area contributed by atoms with Crippen LogP contribution in [0.5, 0.6) is 0 Å². The third-order valence-electron chi connectivity index (χ3n) is 3.73. The first-order valence-electron chi connectivity index (χ1n) is 6.59. The molecule has 2 unspecified atom stereocenters. The number of nitrogens with one attached hydrogen (secondary N) is 1. The highest BCUT2D eigenvalue weighted by atomic mass is 35.5. The molecule has 0 spiro atoms. The number of hydrogen-bond acceptors (Lipinski definition) is 3. The maximum atomic E-state index is 12.2. The lowest BCUT2D eigenvalue weighted by Crippen LogP contribution is -2.43. The zero-order chi connectivity index (χ0) is 13.8. The van der Waals surface area contributed by atoms with Gasteiger partial charge in [-0.1, -0.05) is 30.5 Å². The van der Waals surface area contributed by atoms with Crippen LogP contribution in [0.2, 0.25) is 5.02 Å². The number of halogens is 1. The van der Waals surface area contributed by atoms with Crippen LogP contribution in [-0.4, -0.2) is 23.7 Å². The SMILES string of the molecule is Nc1cccc(C(=O)NC2CCCCC2CO)c1Cl. The van der Waals surface area contributed by atoms with Crippen molar-refractivity contribution in [3.63, 3.8) is 0 Å². The monoisotopic (exact) mass is 282 g/mol. The number of nitrogen functional groups attached to an aromatic ring is 1. The molecule has 104 valence electrons. The lowest BCUT2D eigenvalue weighted by Gasteiger charge is -2.31. The van der Waals surface area contributed by atoms with E-state index in [0.717, 1.165) is 25.7 Å². The molecular formula is C14H19ClN2O2. The first-order valence-corrected chi connectivity index (χ1v) is 6.97. The van der Waals surface area contributed by atoms with Gasteiger partial charge in [-0.25, -0.2) is 0 Å².